The number of nitrogens with one attached hydrogen (secondary N) is 2. The van der Waals surface area contributed by atoms with Crippen LogP contribution in [0.3, 0.4) is 0 Å². The van der Waals surface area contributed by atoms with Crippen molar-refractivity contribution in [3.8, 4) is 0 Å². The summed E-state index contributed by atoms with van der Waals surface area (Å²) in [6.45, 7) is 7.98. The van der Waals surface area contributed by atoms with E-state index in [1.807, 2.05) is 20.8 Å². The minimum atomic E-state index is -0.896. The minimum Gasteiger partial charge on any atom is -0.433 e. The molecule has 0 saturated carbocycles. The highest BCUT2D eigenvalue weighted by Gasteiger charge is 2.44. The number of carbonyl (C=O) groups is 4. The van der Waals surface area contributed by atoms with Crippen molar-refractivity contribution in [1.29, 1.82) is 0 Å². The van der Waals surface area contributed by atoms with Crippen molar-refractivity contribution < 1.29 is 28.7 Å². The molecule has 4 atom stereocenters. The predicted octanol–water partition coefficient (Wildman–Crippen LogP) is 2.49. The molecule has 1 aromatic carbocycles. The zero-order chi connectivity index (χ0) is 25.9. The Labute approximate surface area is 217 Å². The van der Waals surface area contributed by atoms with Crippen molar-refractivity contribution in [3.63, 3.8) is 0 Å². The Bertz CT molecular complexity index is 995. The van der Waals surface area contributed by atoms with Crippen molar-refractivity contribution in [1.82, 2.24) is 15.5 Å². The van der Waals surface area contributed by atoms with Crippen molar-refractivity contribution in [2.24, 2.45) is 5.41 Å². The van der Waals surface area contributed by atoms with E-state index in [0.717, 1.165) is 0 Å². The van der Waals surface area contributed by atoms with Gasteiger partial charge in [-0.2, -0.15) is 0 Å². The van der Waals surface area contributed by atoms with Crippen molar-refractivity contribution in [2.45, 2.75) is 78.8 Å². The molecular weight excluding hydrogens is 488 g/mol. The fourth-order valence-electron chi connectivity index (χ4n) is 4.25. The number of rotatable bonds is 7. The number of cyclic esters (lactones) is 1. The van der Waals surface area contributed by atoms with E-state index in [1.165, 1.54) is 23.1 Å². The average molecular weight is 525 g/mol. The summed E-state index contributed by atoms with van der Waals surface area (Å²) in [6, 6.07) is 2.26. The normalized spacial score (nSPS) is 22.4. The number of anilines is 1. The van der Waals surface area contributed by atoms with Crippen LogP contribution in [0.5, 0.6) is 0 Å². The van der Waals surface area contributed by atoms with Gasteiger partial charge in [0.1, 0.15) is 18.1 Å². The Balaban J connectivity index is 0.00000456. The highest BCUT2D eigenvalue weighted by atomic mass is 35.5. The summed E-state index contributed by atoms with van der Waals surface area (Å²) in [5, 5.41) is 5.86. The van der Waals surface area contributed by atoms with E-state index < -0.39 is 41.7 Å². The molecule has 2 aliphatic heterocycles. The maximum atomic E-state index is 13.6. The van der Waals surface area contributed by atoms with E-state index in [0.29, 0.717) is 31.7 Å². The number of nitrogens with two attached hydrogens (primary N) is 1. The Morgan fingerprint density at radius 2 is 2.00 bits per heavy atom. The van der Waals surface area contributed by atoms with E-state index in [2.05, 4.69) is 10.6 Å². The highest BCUT2D eigenvalue weighted by Crippen LogP contribution is 2.27. The molecule has 11 heteroatoms. The monoisotopic (exact) mass is 524 g/mol. The molecule has 3 rings (SSSR count). The van der Waals surface area contributed by atoms with Crippen LogP contribution in [0.4, 0.5) is 5.69 Å². The zero-order valence-corrected chi connectivity index (χ0v) is 21.2. The maximum Gasteiger partial charge on any atom is 0.310 e. The smallest absolute Gasteiger partial charge is 0.310 e. The van der Waals surface area contributed by atoms with Gasteiger partial charge in [-0.1, -0.05) is 39.8 Å². The van der Waals surface area contributed by atoms with Crippen LogP contribution in [0, 0.1) is 5.41 Å². The zero-order valence-electron chi connectivity index (χ0n) is 20.4. The number of amides is 3. The third kappa shape index (κ3) is 6.67. The summed E-state index contributed by atoms with van der Waals surface area (Å²) in [5.74, 6) is -1.66. The van der Waals surface area contributed by atoms with Crippen LogP contribution in [0.2, 0.25) is 5.02 Å². The Kier molecular flexibility index (Phi) is 9.73. The molecule has 3 amide bonds. The predicted molar refractivity (Wildman–Crippen MR) is 136 cm³/mol. The standard InChI is InChI=1S/C24H33ClN4O6.CH4/c1-5-34-23-16(12-18(30)35-23)27-21(32)17-7-6-10-29(17)22(33)19(24(2,3)4)28-20(31)13-8-9-15(26)14(25)11-13;/h8-9,11,16-17,19,23H,5-7,10,12,26H2,1-4H3,(H,27,32)(H,28,31);1H4. The van der Waals surface area contributed by atoms with E-state index in [1.54, 1.807) is 6.92 Å². The largest absolute Gasteiger partial charge is 0.433 e. The molecule has 10 nitrogen and oxygen atoms in total. The third-order valence-corrected chi connectivity index (χ3v) is 6.44. The summed E-state index contributed by atoms with van der Waals surface area (Å²) in [7, 11) is 0. The van der Waals surface area contributed by atoms with Crippen LogP contribution in [0.25, 0.3) is 0 Å². The summed E-state index contributed by atoms with van der Waals surface area (Å²) < 4.78 is 10.5. The van der Waals surface area contributed by atoms with Gasteiger partial charge in [-0.05, 0) is 43.4 Å². The van der Waals surface area contributed by atoms with Gasteiger partial charge in [0.25, 0.3) is 5.91 Å². The second-order valence-corrected chi connectivity index (χ2v) is 10.2. The molecular formula is C25H37ClN4O6. The van der Waals surface area contributed by atoms with Gasteiger partial charge in [-0.3, -0.25) is 19.2 Å². The summed E-state index contributed by atoms with van der Waals surface area (Å²) in [4.78, 5) is 52.9. The molecule has 0 aromatic heterocycles. The molecule has 2 heterocycles. The summed E-state index contributed by atoms with van der Waals surface area (Å²) in [6.07, 6.45) is 0.255. The first-order valence-corrected chi connectivity index (χ1v) is 12.1. The lowest BCUT2D eigenvalue weighted by Crippen LogP contribution is -2.58. The number of nitrogen functional groups attached to an aromatic ring is 1. The number of likely N-dealkylation sites (tertiary alicyclic amines) is 1. The first-order chi connectivity index (χ1) is 16.4. The van der Waals surface area contributed by atoms with Crippen LogP contribution >= 0.6 is 11.6 Å². The van der Waals surface area contributed by atoms with Gasteiger partial charge in [0.2, 0.25) is 18.1 Å². The topological polar surface area (TPSA) is 140 Å². The van der Waals surface area contributed by atoms with E-state index in [9.17, 15) is 19.2 Å². The van der Waals surface area contributed by atoms with E-state index in [-0.39, 0.29) is 36.2 Å². The average Bonchev–Trinajstić information content (AvgIpc) is 3.39. The second-order valence-electron chi connectivity index (χ2n) is 9.83. The molecule has 200 valence electrons. The van der Waals surface area contributed by atoms with Crippen LogP contribution < -0.4 is 16.4 Å². The lowest BCUT2D eigenvalue weighted by Gasteiger charge is -2.35. The van der Waals surface area contributed by atoms with Gasteiger partial charge < -0.3 is 30.7 Å². The fourth-order valence-corrected chi connectivity index (χ4v) is 4.43. The molecule has 0 aliphatic carbocycles. The van der Waals surface area contributed by atoms with Crippen LogP contribution in [-0.2, 0) is 23.9 Å². The van der Waals surface area contributed by atoms with Crippen molar-refractivity contribution in [2.75, 3.05) is 18.9 Å². The number of ether oxygens (including phenoxy) is 2. The molecule has 0 bridgehead atoms. The molecule has 4 N–H and O–H groups in total. The first kappa shape index (κ1) is 29.4. The Morgan fingerprint density at radius 1 is 1.31 bits per heavy atom. The third-order valence-electron chi connectivity index (χ3n) is 6.11. The number of esters is 1. The Morgan fingerprint density at radius 3 is 2.61 bits per heavy atom. The van der Waals surface area contributed by atoms with E-state index in [4.69, 9.17) is 26.8 Å². The van der Waals surface area contributed by atoms with Gasteiger partial charge in [0, 0.05) is 18.7 Å². The number of halogens is 1. The number of carbonyl (C=O) groups excluding carboxylic acids is 4. The lowest BCUT2D eigenvalue weighted by atomic mass is 9.85. The highest BCUT2D eigenvalue weighted by molar-refractivity contribution is 6.33. The van der Waals surface area contributed by atoms with Gasteiger partial charge >= 0.3 is 5.97 Å². The molecule has 36 heavy (non-hydrogen) atoms. The molecule has 2 saturated heterocycles. The van der Waals surface area contributed by atoms with Gasteiger partial charge in [-0.25, -0.2) is 0 Å². The number of benzene rings is 1. The first-order valence-electron chi connectivity index (χ1n) is 11.7. The van der Waals surface area contributed by atoms with Crippen LogP contribution in [0.15, 0.2) is 18.2 Å². The summed E-state index contributed by atoms with van der Waals surface area (Å²) in [5.41, 5.74) is 5.71. The summed E-state index contributed by atoms with van der Waals surface area (Å²) >= 11 is 6.05. The molecule has 0 radical (unpaired) electrons. The quantitative estimate of drug-likeness (QED) is 0.367. The Hall–Kier alpha value is -2.85. The van der Waals surface area contributed by atoms with Crippen molar-refractivity contribution >= 4 is 41.0 Å². The van der Waals surface area contributed by atoms with Crippen LogP contribution in [0.1, 0.15) is 64.7 Å². The molecule has 0 spiro atoms. The van der Waals surface area contributed by atoms with Gasteiger partial charge in [0.15, 0.2) is 0 Å². The SMILES string of the molecule is C.CCOC1OC(=O)CC1NC(=O)C1CCCN1C(=O)C(NC(=O)c1ccc(N)c(Cl)c1)C(C)(C)C. The molecule has 4 unspecified atom stereocenters. The van der Waals surface area contributed by atoms with Gasteiger partial charge in [-0.15, -0.1) is 0 Å². The maximum absolute atomic E-state index is 13.6. The number of nitrogens with zero attached hydrogens (tertiary/aromatic N) is 1. The lowest BCUT2D eigenvalue weighted by molar-refractivity contribution is -0.164. The van der Waals surface area contributed by atoms with Gasteiger partial charge in [0.05, 0.1) is 17.1 Å². The molecule has 2 fully saturated rings. The van der Waals surface area contributed by atoms with Crippen molar-refractivity contribution in [3.05, 3.63) is 28.8 Å². The molecule has 2 aliphatic rings. The fraction of sp³-hybridized carbons (Fsp3) is 0.600. The second kappa shape index (κ2) is 11.9. The molecule has 1 aromatic rings. The van der Waals surface area contributed by atoms with E-state index >= 15 is 0 Å². The number of hydrogen-bond donors (Lipinski definition) is 3. The number of hydrogen-bond acceptors (Lipinski definition) is 7. The minimum absolute atomic E-state index is 0. The van der Waals surface area contributed by atoms with Crippen LogP contribution in [-0.4, -0.2) is 66.2 Å².